The van der Waals surface area contributed by atoms with E-state index in [1.54, 1.807) is 6.07 Å². The Hall–Kier alpha value is -2.88. The van der Waals surface area contributed by atoms with E-state index in [0.29, 0.717) is 16.7 Å². The van der Waals surface area contributed by atoms with Crippen LogP contribution in [0.15, 0.2) is 45.6 Å². The number of hydrogen-bond donors (Lipinski definition) is 0. The van der Waals surface area contributed by atoms with Gasteiger partial charge in [-0.05, 0) is 68.0 Å². The predicted molar refractivity (Wildman–Crippen MR) is 99.5 cm³/mol. The number of hydrogen-bond acceptors (Lipinski definition) is 4. The molecular formula is C22H20O4. The van der Waals surface area contributed by atoms with Crippen LogP contribution in [-0.2, 0) is 24.2 Å². The second-order valence-electron chi connectivity index (χ2n) is 6.96. The predicted octanol–water partition coefficient (Wildman–Crippen LogP) is 4.26. The topological polar surface area (TPSA) is 56.5 Å². The lowest BCUT2D eigenvalue weighted by Gasteiger charge is -2.10. The van der Waals surface area contributed by atoms with Crippen LogP contribution >= 0.6 is 0 Å². The molecule has 26 heavy (non-hydrogen) atoms. The molecule has 0 saturated heterocycles. The molecule has 0 saturated carbocycles. The van der Waals surface area contributed by atoms with Crippen LogP contribution in [0.1, 0.15) is 44.6 Å². The molecule has 1 aliphatic rings. The van der Waals surface area contributed by atoms with Crippen molar-refractivity contribution >= 4 is 16.9 Å². The van der Waals surface area contributed by atoms with Gasteiger partial charge in [-0.2, -0.15) is 0 Å². The molecule has 0 bridgehead atoms. The van der Waals surface area contributed by atoms with Crippen LogP contribution in [0, 0.1) is 13.8 Å². The highest BCUT2D eigenvalue weighted by Crippen LogP contribution is 2.29. The molecule has 4 rings (SSSR count). The first-order chi connectivity index (χ1) is 12.5. The standard InChI is InChI=1S/C22H20O4/c1-13-6-7-18(14(2)8-13)22(24)25-12-17-11-21(23)26-20-10-16-5-3-4-15(16)9-19(17)20/h6-11H,3-5,12H2,1-2H3. The van der Waals surface area contributed by atoms with Crippen LogP contribution in [0.2, 0.25) is 0 Å². The van der Waals surface area contributed by atoms with Gasteiger partial charge in [-0.3, -0.25) is 0 Å². The quantitative estimate of drug-likeness (QED) is 0.524. The highest BCUT2D eigenvalue weighted by atomic mass is 16.5. The fourth-order valence-corrected chi connectivity index (χ4v) is 3.68. The van der Waals surface area contributed by atoms with Gasteiger partial charge in [0.1, 0.15) is 12.2 Å². The first-order valence-electron chi connectivity index (χ1n) is 8.84. The van der Waals surface area contributed by atoms with Gasteiger partial charge in [-0.15, -0.1) is 0 Å². The van der Waals surface area contributed by atoms with E-state index in [2.05, 4.69) is 6.07 Å². The lowest BCUT2D eigenvalue weighted by Crippen LogP contribution is -2.09. The van der Waals surface area contributed by atoms with Crippen molar-refractivity contribution in [2.75, 3.05) is 0 Å². The Morgan fingerprint density at radius 1 is 1.08 bits per heavy atom. The Balaban J connectivity index is 1.64. The summed E-state index contributed by atoms with van der Waals surface area (Å²) in [5.74, 6) is -0.384. The Morgan fingerprint density at radius 3 is 2.62 bits per heavy atom. The van der Waals surface area contributed by atoms with Gasteiger partial charge in [0.05, 0.1) is 5.56 Å². The second kappa shape index (κ2) is 6.45. The maximum Gasteiger partial charge on any atom is 0.338 e. The average Bonchev–Trinajstić information content (AvgIpc) is 3.04. The Kier molecular flexibility index (Phi) is 4.11. The Labute approximate surface area is 151 Å². The monoisotopic (exact) mass is 348 g/mol. The molecule has 132 valence electrons. The molecule has 1 aliphatic carbocycles. The molecule has 1 aromatic heterocycles. The van der Waals surface area contributed by atoms with Crippen LogP contribution < -0.4 is 5.63 Å². The SMILES string of the molecule is Cc1ccc(C(=O)OCc2cc(=O)oc3cc4c(cc23)CCC4)c(C)c1. The van der Waals surface area contributed by atoms with E-state index in [-0.39, 0.29) is 12.6 Å². The molecule has 2 aromatic carbocycles. The highest BCUT2D eigenvalue weighted by Gasteiger charge is 2.17. The number of carbonyl (C=O) groups excluding carboxylic acids is 1. The summed E-state index contributed by atoms with van der Waals surface area (Å²) in [6.45, 7) is 3.92. The third-order valence-electron chi connectivity index (χ3n) is 5.00. The van der Waals surface area contributed by atoms with Gasteiger partial charge in [-0.1, -0.05) is 17.7 Å². The smallest absolute Gasteiger partial charge is 0.338 e. The van der Waals surface area contributed by atoms with Crippen molar-refractivity contribution in [1.29, 1.82) is 0 Å². The van der Waals surface area contributed by atoms with E-state index in [0.717, 1.165) is 35.8 Å². The molecule has 0 radical (unpaired) electrons. The molecule has 0 amide bonds. The average molecular weight is 348 g/mol. The number of benzene rings is 2. The Morgan fingerprint density at radius 2 is 1.85 bits per heavy atom. The zero-order chi connectivity index (χ0) is 18.3. The highest BCUT2D eigenvalue weighted by molar-refractivity contribution is 5.91. The van der Waals surface area contributed by atoms with Crippen LogP contribution in [0.25, 0.3) is 11.0 Å². The lowest BCUT2D eigenvalue weighted by molar-refractivity contribution is 0.0473. The molecule has 0 atom stereocenters. The summed E-state index contributed by atoms with van der Waals surface area (Å²) in [7, 11) is 0. The van der Waals surface area contributed by atoms with Gasteiger partial charge in [0.2, 0.25) is 0 Å². The number of ether oxygens (including phenoxy) is 1. The largest absolute Gasteiger partial charge is 0.457 e. The lowest BCUT2D eigenvalue weighted by atomic mass is 10.0. The van der Waals surface area contributed by atoms with Crippen LogP contribution in [0.5, 0.6) is 0 Å². The third-order valence-corrected chi connectivity index (χ3v) is 5.00. The minimum Gasteiger partial charge on any atom is -0.457 e. The number of rotatable bonds is 3. The van der Waals surface area contributed by atoms with E-state index in [9.17, 15) is 9.59 Å². The van der Waals surface area contributed by atoms with Gasteiger partial charge in [0.15, 0.2) is 0 Å². The van der Waals surface area contributed by atoms with Crippen LogP contribution in [0.4, 0.5) is 0 Å². The van der Waals surface area contributed by atoms with Crippen molar-refractivity contribution in [3.8, 4) is 0 Å². The molecule has 0 aliphatic heterocycles. The molecule has 0 unspecified atom stereocenters. The van der Waals surface area contributed by atoms with E-state index in [1.165, 1.54) is 17.2 Å². The third kappa shape index (κ3) is 3.03. The number of esters is 1. The molecule has 4 heteroatoms. The molecule has 4 nitrogen and oxygen atoms in total. The maximum absolute atomic E-state index is 12.4. The van der Waals surface area contributed by atoms with Crippen molar-refractivity contribution in [3.63, 3.8) is 0 Å². The fourth-order valence-electron chi connectivity index (χ4n) is 3.68. The fraction of sp³-hybridized carbons (Fsp3) is 0.273. The van der Waals surface area contributed by atoms with Crippen molar-refractivity contribution < 1.29 is 13.9 Å². The number of aryl methyl sites for hydroxylation is 4. The van der Waals surface area contributed by atoms with Crippen LogP contribution in [-0.4, -0.2) is 5.97 Å². The van der Waals surface area contributed by atoms with Crippen molar-refractivity contribution in [2.24, 2.45) is 0 Å². The molecule has 0 spiro atoms. The molecule has 0 fully saturated rings. The van der Waals surface area contributed by atoms with E-state index >= 15 is 0 Å². The van der Waals surface area contributed by atoms with Crippen LogP contribution in [0.3, 0.4) is 0 Å². The number of carbonyl (C=O) groups is 1. The van der Waals surface area contributed by atoms with Crippen molar-refractivity contribution in [1.82, 2.24) is 0 Å². The van der Waals surface area contributed by atoms with Gasteiger partial charge < -0.3 is 9.15 Å². The second-order valence-corrected chi connectivity index (χ2v) is 6.96. The zero-order valence-corrected chi connectivity index (χ0v) is 14.9. The minimum absolute atomic E-state index is 0.0486. The van der Waals surface area contributed by atoms with Gasteiger partial charge in [0, 0.05) is 17.0 Å². The molecule has 1 heterocycles. The van der Waals surface area contributed by atoms with Gasteiger partial charge >= 0.3 is 11.6 Å². The first-order valence-corrected chi connectivity index (χ1v) is 8.84. The van der Waals surface area contributed by atoms with Gasteiger partial charge in [-0.25, -0.2) is 9.59 Å². The number of fused-ring (bicyclic) bond motifs is 2. The summed E-state index contributed by atoms with van der Waals surface area (Å²) in [5, 5.41) is 0.846. The van der Waals surface area contributed by atoms with E-state index in [4.69, 9.17) is 9.15 Å². The first kappa shape index (κ1) is 16.6. The summed E-state index contributed by atoms with van der Waals surface area (Å²) < 4.78 is 10.9. The summed E-state index contributed by atoms with van der Waals surface area (Å²) in [6, 6.07) is 11.1. The molecule has 0 N–H and O–H groups in total. The van der Waals surface area contributed by atoms with Crippen molar-refractivity contribution in [3.05, 3.63) is 80.2 Å². The van der Waals surface area contributed by atoms with E-state index in [1.807, 2.05) is 32.0 Å². The van der Waals surface area contributed by atoms with E-state index < -0.39 is 5.63 Å². The molecule has 3 aromatic rings. The summed E-state index contributed by atoms with van der Waals surface area (Å²) in [6.07, 6.45) is 3.17. The Bertz CT molecular complexity index is 1080. The van der Waals surface area contributed by atoms with Gasteiger partial charge in [0.25, 0.3) is 0 Å². The summed E-state index contributed by atoms with van der Waals surface area (Å²) in [5.41, 5.74) is 5.87. The normalized spacial score (nSPS) is 13.0. The molecular weight excluding hydrogens is 328 g/mol. The minimum atomic E-state index is -0.423. The summed E-state index contributed by atoms with van der Waals surface area (Å²) in [4.78, 5) is 24.3. The maximum atomic E-state index is 12.4. The zero-order valence-electron chi connectivity index (χ0n) is 14.9. The van der Waals surface area contributed by atoms with Crippen molar-refractivity contribution in [2.45, 2.75) is 39.7 Å². The summed E-state index contributed by atoms with van der Waals surface area (Å²) >= 11 is 0.